The molecule has 178 valence electrons. The molecule has 3 saturated heterocycles. The van der Waals surface area contributed by atoms with Crippen molar-refractivity contribution in [1.29, 1.82) is 0 Å². The number of likely N-dealkylation sites (tertiary alicyclic amines) is 1. The summed E-state index contributed by atoms with van der Waals surface area (Å²) in [5.41, 5.74) is 1.02. The molecule has 1 spiro atoms. The molecular weight excluding hydrogens is 419 g/mol. The number of carbonyl (C=O) groups excluding carboxylic acids is 2. The molecule has 1 aromatic carbocycles. The van der Waals surface area contributed by atoms with E-state index in [0.717, 1.165) is 29.6 Å². The lowest BCUT2D eigenvalue weighted by Gasteiger charge is -2.42. The molecule has 5 rings (SSSR count). The van der Waals surface area contributed by atoms with Gasteiger partial charge in [-0.25, -0.2) is 0 Å². The number of benzene rings is 1. The summed E-state index contributed by atoms with van der Waals surface area (Å²) >= 11 is 0. The Morgan fingerprint density at radius 2 is 1.58 bits per heavy atom. The Kier molecular flexibility index (Phi) is 5.24. The van der Waals surface area contributed by atoms with E-state index >= 15 is 0 Å². The first-order chi connectivity index (χ1) is 15.5. The minimum atomic E-state index is -0.572. The second-order valence-corrected chi connectivity index (χ2v) is 11.4. The molecule has 4 aliphatic rings. The molecule has 4 aliphatic heterocycles. The second kappa shape index (κ2) is 7.55. The molecule has 0 atom stereocenters. The first-order valence-corrected chi connectivity index (χ1v) is 12.2. The third-order valence-electron chi connectivity index (χ3n) is 8.78. The Morgan fingerprint density at radius 1 is 0.970 bits per heavy atom. The van der Waals surface area contributed by atoms with E-state index in [1.54, 1.807) is 0 Å². The lowest BCUT2D eigenvalue weighted by molar-refractivity contribution is -0.149. The fourth-order valence-corrected chi connectivity index (χ4v) is 5.58. The summed E-state index contributed by atoms with van der Waals surface area (Å²) < 4.78 is 17.8. The van der Waals surface area contributed by atoms with Gasteiger partial charge in [0, 0.05) is 32.0 Å². The number of ether oxygens (including phenoxy) is 1. The zero-order chi connectivity index (χ0) is 23.6. The first kappa shape index (κ1) is 22.9. The normalized spacial score (nSPS) is 26.9. The van der Waals surface area contributed by atoms with Crippen LogP contribution in [0, 0.1) is 5.41 Å². The Morgan fingerprint density at radius 3 is 2.18 bits per heavy atom. The number of carbonyl (C=O) groups is 2. The maximum atomic E-state index is 13.2. The van der Waals surface area contributed by atoms with E-state index in [1.165, 1.54) is 0 Å². The van der Waals surface area contributed by atoms with E-state index in [9.17, 15) is 9.59 Å². The molecular formula is C25H35BN2O5. The topological polar surface area (TPSA) is 77.1 Å². The van der Waals surface area contributed by atoms with Crippen LogP contribution in [0.25, 0.3) is 0 Å². The molecule has 4 heterocycles. The second-order valence-electron chi connectivity index (χ2n) is 11.4. The molecule has 0 bridgehead atoms. The number of nitrogens with zero attached hydrogens (tertiary/aromatic N) is 1. The van der Waals surface area contributed by atoms with Gasteiger partial charge in [0.1, 0.15) is 0 Å². The molecule has 3 fully saturated rings. The monoisotopic (exact) mass is 454 g/mol. The Bertz CT molecular complexity index is 961. The minimum absolute atomic E-state index is 0.0351. The third-order valence-corrected chi connectivity index (χ3v) is 8.78. The fourth-order valence-electron chi connectivity index (χ4n) is 5.58. The fraction of sp³-hybridized carbons (Fsp3) is 0.680. The van der Waals surface area contributed by atoms with E-state index in [4.69, 9.17) is 14.0 Å². The highest BCUT2D eigenvalue weighted by atomic mass is 16.7. The van der Waals surface area contributed by atoms with Crippen LogP contribution in [0.5, 0.6) is 0 Å². The lowest BCUT2D eigenvalue weighted by atomic mass is 9.71. The van der Waals surface area contributed by atoms with Crippen LogP contribution in [0.2, 0.25) is 0 Å². The Labute approximate surface area is 196 Å². The standard InChI is InChI=1S/C25H35BN2O5/c1-22(2)23(3,4)33-26(32-22)17-6-7-18-19(16-17)27-20(29)25(18)8-12-28(13-9-25)21(30)24(5)10-14-31-15-11-24/h6-7,16H,8-15H2,1-5H3,(H,27,29). The number of amides is 2. The number of nitrogens with one attached hydrogen (secondary N) is 1. The molecule has 0 radical (unpaired) electrons. The summed E-state index contributed by atoms with van der Waals surface area (Å²) in [6, 6.07) is 6.05. The van der Waals surface area contributed by atoms with Crippen LogP contribution in [-0.2, 0) is 29.0 Å². The van der Waals surface area contributed by atoms with Crippen LogP contribution in [0.4, 0.5) is 5.69 Å². The van der Waals surface area contributed by atoms with Gasteiger partial charge in [0.25, 0.3) is 0 Å². The van der Waals surface area contributed by atoms with Crippen LogP contribution < -0.4 is 10.8 Å². The number of anilines is 1. The predicted molar refractivity (Wildman–Crippen MR) is 126 cm³/mol. The van der Waals surface area contributed by atoms with Crippen molar-refractivity contribution < 1.29 is 23.6 Å². The largest absolute Gasteiger partial charge is 0.494 e. The third kappa shape index (κ3) is 3.53. The van der Waals surface area contributed by atoms with Crippen LogP contribution in [0.15, 0.2) is 18.2 Å². The maximum Gasteiger partial charge on any atom is 0.494 e. The molecule has 1 aromatic rings. The minimum Gasteiger partial charge on any atom is -0.399 e. The highest BCUT2D eigenvalue weighted by Gasteiger charge is 2.53. The van der Waals surface area contributed by atoms with Crippen molar-refractivity contribution in [3.63, 3.8) is 0 Å². The van der Waals surface area contributed by atoms with E-state index in [0.29, 0.717) is 39.1 Å². The van der Waals surface area contributed by atoms with Gasteiger partial charge in [0.15, 0.2) is 0 Å². The van der Waals surface area contributed by atoms with Gasteiger partial charge in [-0.3, -0.25) is 9.59 Å². The van der Waals surface area contributed by atoms with E-state index in [-0.39, 0.29) is 17.2 Å². The van der Waals surface area contributed by atoms with Crippen LogP contribution in [0.3, 0.4) is 0 Å². The Balaban J connectivity index is 1.33. The zero-order valence-corrected chi connectivity index (χ0v) is 20.5. The van der Waals surface area contributed by atoms with Crippen molar-refractivity contribution in [2.45, 2.75) is 76.9 Å². The highest BCUT2D eigenvalue weighted by Crippen LogP contribution is 2.46. The van der Waals surface area contributed by atoms with Gasteiger partial charge in [-0.2, -0.15) is 0 Å². The predicted octanol–water partition coefficient (Wildman–Crippen LogP) is 2.61. The molecule has 33 heavy (non-hydrogen) atoms. The van der Waals surface area contributed by atoms with Gasteiger partial charge >= 0.3 is 7.12 Å². The number of piperidine rings is 1. The molecule has 0 saturated carbocycles. The Hall–Kier alpha value is -1.90. The van der Waals surface area contributed by atoms with Crippen molar-refractivity contribution in [1.82, 2.24) is 4.90 Å². The van der Waals surface area contributed by atoms with Crippen LogP contribution >= 0.6 is 0 Å². The summed E-state index contributed by atoms with van der Waals surface area (Å²) in [7, 11) is -0.464. The summed E-state index contributed by atoms with van der Waals surface area (Å²) in [4.78, 5) is 28.4. The summed E-state index contributed by atoms with van der Waals surface area (Å²) in [6.07, 6.45) is 2.80. The van der Waals surface area contributed by atoms with Crippen molar-refractivity contribution in [2.75, 3.05) is 31.6 Å². The SMILES string of the molecule is CC1(C(=O)N2CCC3(CC2)C(=O)Nc2cc(B4OC(C)(C)C(C)(C)O4)ccc23)CCOCC1. The number of fused-ring (bicyclic) bond motifs is 2. The van der Waals surface area contributed by atoms with E-state index in [1.807, 2.05) is 50.8 Å². The smallest absolute Gasteiger partial charge is 0.399 e. The zero-order valence-electron chi connectivity index (χ0n) is 20.5. The van der Waals surface area contributed by atoms with Gasteiger partial charge in [0.2, 0.25) is 11.8 Å². The average molecular weight is 454 g/mol. The van der Waals surface area contributed by atoms with Gasteiger partial charge in [0.05, 0.1) is 22.0 Å². The molecule has 8 heteroatoms. The van der Waals surface area contributed by atoms with Crippen molar-refractivity contribution in [3.8, 4) is 0 Å². The number of hydrogen-bond donors (Lipinski definition) is 1. The van der Waals surface area contributed by atoms with Gasteiger partial charge < -0.3 is 24.3 Å². The van der Waals surface area contributed by atoms with Gasteiger partial charge in [-0.05, 0) is 70.5 Å². The maximum absolute atomic E-state index is 13.2. The van der Waals surface area contributed by atoms with Crippen molar-refractivity contribution in [2.24, 2.45) is 5.41 Å². The summed E-state index contributed by atoms with van der Waals surface area (Å²) in [6.45, 7) is 12.7. The van der Waals surface area contributed by atoms with Gasteiger partial charge in [-0.1, -0.05) is 19.1 Å². The molecule has 2 amide bonds. The molecule has 0 aromatic heterocycles. The highest BCUT2D eigenvalue weighted by molar-refractivity contribution is 6.62. The first-order valence-electron chi connectivity index (χ1n) is 12.2. The van der Waals surface area contributed by atoms with E-state index < -0.39 is 23.7 Å². The van der Waals surface area contributed by atoms with Crippen LogP contribution in [-0.4, -0.2) is 61.3 Å². The quantitative estimate of drug-likeness (QED) is 0.696. The number of hydrogen-bond acceptors (Lipinski definition) is 5. The van der Waals surface area contributed by atoms with Crippen LogP contribution in [0.1, 0.15) is 65.9 Å². The lowest BCUT2D eigenvalue weighted by Crippen LogP contribution is -2.52. The van der Waals surface area contributed by atoms with Crippen molar-refractivity contribution >= 4 is 30.1 Å². The number of rotatable bonds is 2. The molecule has 7 nitrogen and oxygen atoms in total. The molecule has 0 aliphatic carbocycles. The average Bonchev–Trinajstić information content (AvgIpc) is 3.16. The van der Waals surface area contributed by atoms with Crippen molar-refractivity contribution in [3.05, 3.63) is 23.8 Å². The van der Waals surface area contributed by atoms with E-state index in [2.05, 4.69) is 12.2 Å². The molecule has 1 N–H and O–H groups in total. The molecule has 0 unspecified atom stereocenters. The summed E-state index contributed by atoms with van der Waals surface area (Å²) in [5.74, 6) is 0.239. The summed E-state index contributed by atoms with van der Waals surface area (Å²) in [5, 5.41) is 3.11. The van der Waals surface area contributed by atoms with Gasteiger partial charge in [-0.15, -0.1) is 0 Å².